The highest BCUT2D eigenvalue weighted by Gasteiger charge is 2.13. The minimum Gasteiger partial charge on any atom is -0.322 e. The molecule has 3 aromatic rings. The van der Waals surface area contributed by atoms with Crippen LogP contribution in [0.15, 0.2) is 83.3 Å². The van der Waals surface area contributed by atoms with Gasteiger partial charge in [-0.25, -0.2) is 0 Å². The van der Waals surface area contributed by atoms with Crippen LogP contribution in [0.3, 0.4) is 0 Å². The molecular formula is C21H15BrClNO. The predicted molar refractivity (Wildman–Crippen MR) is 109 cm³/mol. The van der Waals surface area contributed by atoms with Gasteiger partial charge in [0.15, 0.2) is 0 Å². The molecule has 25 heavy (non-hydrogen) atoms. The van der Waals surface area contributed by atoms with E-state index in [2.05, 4.69) is 21.2 Å². The molecule has 0 heterocycles. The van der Waals surface area contributed by atoms with Crippen molar-refractivity contribution >= 4 is 50.8 Å². The normalized spacial score (nSPS) is 11.2. The molecular weight excluding hydrogens is 398 g/mol. The first-order valence-electron chi connectivity index (χ1n) is 7.72. The summed E-state index contributed by atoms with van der Waals surface area (Å²) in [4.78, 5) is 12.9. The Hall–Kier alpha value is -2.36. The Bertz CT molecular complexity index is 922. The average Bonchev–Trinajstić information content (AvgIpc) is 2.61. The van der Waals surface area contributed by atoms with Gasteiger partial charge in [0.1, 0.15) is 0 Å². The minimum absolute atomic E-state index is 0.191. The fourth-order valence-corrected chi connectivity index (χ4v) is 3.00. The molecule has 0 fully saturated rings. The first-order chi connectivity index (χ1) is 12.1. The standard InChI is InChI=1S/C21H15BrClNO/c22-17-10-6-11-18(14-17)24-21(25)19(15-7-2-1-3-8-15)13-16-9-4-5-12-20(16)23/h1-14H,(H,24,25)/b19-13+. The molecule has 0 spiro atoms. The second-order valence-corrected chi connectivity index (χ2v) is 6.73. The van der Waals surface area contributed by atoms with Crippen molar-refractivity contribution < 1.29 is 4.79 Å². The van der Waals surface area contributed by atoms with Crippen molar-refractivity contribution in [2.24, 2.45) is 0 Å². The number of rotatable bonds is 4. The van der Waals surface area contributed by atoms with Crippen LogP contribution in [0.1, 0.15) is 11.1 Å². The smallest absolute Gasteiger partial charge is 0.256 e. The van der Waals surface area contributed by atoms with Crippen LogP contribution in [0, 0.1) is 0 Å². The third-order valence-electron chi connectivity index (χ3n) is 3.62. The Kier molecular flexibility index (Phi) is 5.69. The molecule has 0 radical (unpaired) electrons. The summed E-state index contributed by atoms with van der Waals surface area (Å²) in [5.41, 5.74) is 2.90. The lowest BCUT2D eigenvalue weighted by Crippen LogP contribution is -2.13. The van der Waals surface area contributed by atoms with Crippen molar-refractivity contribution in [3.8, 4) is 0 Å². The molecule has 0 aliphatic carbocycles. The number of benzene rings is 3. The second kappa shape index (κ2) is 8.15. The number of carbonyl (C=O) groups excluding carboxylic acids is 1. The zero-order chi connectivity index (χ0) is 17.6. The van der Waals surface area contributed by atoms with Crippen molar-refractivity contribution in [3.05, 3.63) is 99.5 Å². The molecule has 0 aliphatic rings. The van der Waals surface area contributed by atoms with Crippen molar-refractivity contribution in [2.75, 3.05) is 5.32 Å². The topological polar surface area (TPSA) is 29.1 Å². The van der Waals surface area contributed by atoms with Crippen LogP contribution in [0.25, 0.3) is 11.6 Å². The van der Waals surface area contributed by atoms with Gasteiger partial charge in [-0.2, -0.15) is 0 Å². The number of amides is 1. The van der Waals surface area contributed by atoms with E-state index >= 15 is 0 Å². The average molecular weight is 413 g/mol. The monoisotopic (exact) mass is 411 g/mol. The van der Waals surface area contributed by atoms with E-state index in [0.29, 0.717) is 10.6 Å². The molecule has 0 bridgehead atoms. The molecule has 4 heteroatoms. The van der Waals surface area contributed by atoms with Crippen LogP contribution < -0.4 is 5.32 Å². The van der Waals surface area contributed by atoms with Crippen molar-refractivity contribution in [2.45, 2.75) is 0 Å². The lowest BCUT2D eigenvalue weighted by molar-refractivity contribution is -0.111. The zero-order valence-corrected chi connectivity index (χ0v) is 15.6. The van der Waals surface area contributed by atoms with Gasteiger partial charge in [-0.3, -0.25) is 4.79 Å². The summed E-state index contributed by atoms with van der Waals surface area (Å²) in [5.74, 6) is -0.191. The van der Waals surface area contributed by atoms with Crippen LogP contribution in [-0.2, 0) is 4.79 Å². The van der Waals surface area contributed by atoms with Crippen molar-refractivity contribution in [1.29, 1.82) is 0 Å². The first kappa shape index (κ1) is 17.5. The van der Waals surface area contributed by atoms with Crippen LogP contribution in [0.5, 0.6) is 0 Å². The highest BCUT2D eigenvalue weighted by atomic mass is 79.9. The van der Waals surface area contributed by atoms with Crippen LogP contribution in [0.2, 0.25) is 5.02 Å². The van der Waals surface area contributed by atoms with Gasteiger partial charge >= 0.3 is 0 Å². The maximum absolute atomic E-state index is 12.9. The van der Waals surface area contributed by atoms with E-state index in [1.807, 2.05) is 84.9 Å². The quantitative estimate of drug-likeness (QED) is 0.396. The summed E-state index contributed by atoms with van der Waals surface area (Å²) in [5, 5.41) is 3.54. The number of carbonyl (C=O) groups is 1. The van der Waals surface area contributed by atoms with E-state index in [4.69, 9.17) is 11.6 Å². The van der Waals surface area contributed by atoms with E-state index in [1.54, 1.807) is 0 Å². The number of anilines is 1. The Labute approximate surface area is 160 Å². The molecule has 0 aliphatic heterocycles. The summed E-state index contributed by atoms with van der Waals surface area (Å²) in [6.45, 7) is 0. The van der Waals surface area contributed by atoms with Gasteiger partial charge in [0.05, 0.1) is 0 Å². The first-order valence-corrected chi connectivity index (χ1v) is 8.89. The van der Waals surface area contributed by atoms with E-state index in [-0.39, 0.29) is 5.91 Å². The van der Waals surface area contributed by atoms with E-state index in [1.165, 1.54) is 0 Å². The SMILES string of the molecule is O=C(Nc1cccc(Br)c1)/C(=C/c1ccccc1Cl)c1ccccc1. The molecule has 3 aromatic carbocycles. The van der Waals surface area contributed by atoms with Crippen molar-refractivity contribution in [1.82, 2.24) is 0 Å². The number of hydrogen-bond acceptors (Lipinski definition) is 1. The molecule has 124 valence electrons. The van der Waals surface area contributed by atoms with Gasteiger partial charge in [0.2, 0.25) is 0 Å². The lowest BCUT2D eigenvalue weighted by Gasteiger charge is -2.10. The Morgan fingerprint density at radius 1 is 0.920 bits per heavy atom. The fraction of sp³-hybridized carbons (Fsp3) is 0. The number of nitrogens with one attached hydrogen (secondary N) is 1. The predicted octanol–water partition coefficient (Wildman–Crippen LogP) is 6.28. The summed E-state index contributed by atoms with van der Waals surface area (Å²) in [7, 11) is 0. The fourth-order valence-electron chi connectivity index (χ4n) is 2.41. The summed E-state index contributed by atoms with van der Waals surface area (Å²) < 4.78 is 0.904. The maximum Gasteiger partial charge on any atom is 0.256 e. The van der Waals surface area contributed by atoms with E-state index < -0.39 is 0 Å². The van der Waals surface area contributed by atoms with Gasteiger partial charge in [0, 0.05) is 20.8 Å². The van der Waals surface area contributed by atoms with Gasteiger partial charge in [-0.05, 0) is 41.5 Å². The molecule has 2 nitrogen and oxygen atoms in total. The van der Waals surface area contributed by atoms with Crippen LogP contribution in [0.4, 0.5) is 5.69 Å². The molecule has 1 amide bonds. The van der Waals surface area contributed by atoms with Crippen LogP contribution >= 0.6 is 27.5 Å². The number of hydrogen-bond donors (Lipinski definition) is 1. The highest BCUT2D eigenvalue weighted by Crippen LogP contribution is 2.25. The lowest BCUT2D eigenvalue weighted by atomic mass is 10.0. The largest absolute Gasteiger partial charge is 0.322 e. The Balaban J connectivity index is 2.00. The molecule has 3 rings (SSSR count). The van der Waals surface area contributed by atoms with Gasteiger partial charge in [0.25, 0.3) is 5.91 Å². The molecule has 0 saturated carbocycles. The second-order valence-electron chi connectivity index (χ2n) is 5.41. The third-order valence-corrected chi connectivity index (χ3v) is 4.45. The molecule has 0 unspecified atom stereocenters. The summed E-state index contributed by atoms with van der Waals surface area (Å²) >= 11 is 9.67. The van der Waals surface area contributed by atoms with Crippen molar-refractivity contribution in [3.63, 3.8) is 0 Å². The molecule has 0 atom stereocenters. The van der Waals surface area contributed by atoms with Gasteiger partial charge < -0.3 is 5.32 Å². The third kappa shape index (κ3) is 4.59. The highest BCUT2D eigenvalue weighted by molar-refractivity contribution is 9.10. The maximum atomic E-state index is 12.9. The molecule has 0 saturated heterocycles. The Morgan fingerprint density at radius 2 is 1.64 bits per heavy atom. The van der Waals surface area contributed by atoms with Gasteiger partial charge in [-0.1, -0.05) is 82.1 Å². The summed E-state index contributed by atoms with van der Waals surface area (Å²) in [6.07, 6.45) is 1.81. The summed E-state index contributed by atoms with van der Waals surface area (Å²) in [6, 6.07) is 24.5. The van der Waals surface area contributed by atoms with E-state index in [9.17, 15) is 4.79 Å². The van der Waals surface area contributed by atoms with Gasteiger partial charge in [-0.15, -0.1) is 0 Å². The minimum atomic E-state index is -0.191. The molecule has 0 aromatic heterocycles. The Morgan fingerprint density at radius 3 is 2.36 bits per heavy atom. The van der Waals surface area contributed by atoms with Crippen LogP contribution in [-0.4, -0.2) is 5.91 Å². The zero-order valence-electron chi connectivity index (χ0n) is 13.2. The molecule has 1 N–H and O–H groups in total. The van der Waals surface area contributed by atoms with E-state index in [0.717, 1.165) is 21.3 Å². The number of halogens is 2.